The van der Waals surface area contributed by atoms with E-state index >= 15 is 0 Å². The molecule has 4 aromatic carbocycles. The molecule has 4 aromatic rings. The molecule has 0 spiro atoms. The third-order valence-electron chi connectivity index (χ3n) is 28.1. The van der Waals surface area contributed by atoms with E-state index < -0.39 is 131 Å². The van der Waals surface area contributed by atoms with Gasteiger partial charge in [-0.25, -0.2) is 0 Å². The van der Waals surface area contributed by atoms with Crippen molar-refractivity contribution in [2.75, 3.05) is 260 Å². The first-order chi connectivity index (χ1) is 69.6. The van der Waals surface area contributed by atoms with Crippen molar-refractivity contribution in [2.24, 2.45) is 47.3 Å². The van der Waals surface area contributed by atoms with Crippen molar-refractivity contribution in [2.45, 2.75) is 87.6 Å². The third kappa shape index (κ3) is 30.9. The molecular formula is C101H136N12O32. The van der Waals surface area contributed by atoms with Crippen LogP contribution in [0.15, 0.2) is 97.1 Å². The number of hydrogen-bond acceptors (Lipinski definition) is 36. The summed E-state index contributed by atoms with van der Waals surface area (Å²) in [4.78, 5) is 226. The lowest BCUT2D eigenvalue weighted by molar-refractivity contribution is -0.146. The normalized spacial score (nSPS) is 21.5. The fraction of sp³-hybridized carbons (Fsp3) is 0.604. The van der Waals surface area contributed by atoms with Crippen LogP contribution in [0.2, 0.25) is 0 Å². The smallest absolute Gasteiger partial charge is 0.310 e. The van der Waals surface area contributed by atoms with E-state index in [9.17, 15) is 97.1 Å². The van der Waals surface area contributed by atoms with Crippen LogP contribution < -0.4 is 18.9 Å². The first-order valence-electron chi connectivity index (χ1n) is 49.0. The van der Waals surface area contributed by atoms with E-state index in [1.165, 1.54) is 66.7 Å². The SMILES string of the molecule is COC(=O)C1CC(=O)N(CCN(CCN2CC(C(=O)OC)CC2=O)CC(O)COc2ccc(C(c3ccc(OCC(O)CN(CCN4CC(C(=O)OC)CC4=O)CCN4CC(C(=O)OC)CC4=O)cc3)C(c3ccc(OCC(O)CN(CCN4CC(C(=O)OC)CC4=O)CCN4CC(C(=O)OC)CC4=O)cc3)c3ccc(OCC(O)CN(CCN4CC(C(=O)OC)CC4=O)CN4CC(C(=O)OC)CC4=O)cc3)cc2)C1. The van der Waals surface area contributed by atoms with Crippen LogP contribution in [0.5, 0.6) is 23.0 Å². The molecule has 8 aliphatic rings. The Balaban J connectivity index is 0.833. The predicted molar refractivity (Wildman–Crippen MR) is 510 cm³/mol. The Labute approximate surface area is 841 Å². The highest BCUT2D eigenvalue weighted by atomic mass is 16.6. The number of methoxy groups -OCH3 is 8. The zero-order valence-corrected chi connectivity index (χ0v) is 83.5. The minimum atomic E-state index is -1.21. The van der Waals surface area contributed by atoms with E-state index in [0.717, 1.165) is 22.3 Å². The molecule has 12 rings (SSSR count). The van der Waals surface area contributed by atoms with Gasteiger partial charge in [-0.3, -0.25) is 96.3 Å². The van der Waals surface area contributed by atoms with Crippen molar-refractivity contribution in [3.05, 3.63) is 119 Å². The van der Waals surface area contributed by atoms with Crippen LogP contribution in [0, 0.1) is 47.3 Å². The summed E-state index contributed by atoms with van der Waals surface area (Å²) in [6.45, 7) is 2.64. The van der Waals surface area contributed by atoms with Gasteiger partial charge in [0.2, 0.25) is 47.3 Å². The van der Waals surface area contributed by atoms with E-state index in [1.807, 2.05) is 63.2 Å². The lowest BCUT2D eigenvalue weighted by Crippen LogP contribution is -2.46. The third-order valence-corrected chi connectivity index (χ3v) is 28.1. The van der Waals surface area contributed by atoms with Crippen LogP contribution in [-0.2, 0) is 115 Å². The molecule has 0 aromatic heterocycles. The standard InChI is InChI=1S/C101H136N12O32/c1-134-94(126)68-39-84(118)106(47-68)32-25-102(26-33-107-48-69(40-85(107)119)95(127)135-2)55-76(114)59-142-80-17-9-64(10-18-80)92(65-11-19-81(20-12-65)143-60-77(115)56-103(27-34-108-49-70(41-86(108)120)96(128)136-3)28-35-109-50-71(42-87(109)121)97(129)137-4)93(67-15-23-83(24-16-67)145-62-79(117)58-105(63-113-54-75(46-91(113)125)101(133)141-8)31-38-112-53-74(45-90(112)124)100(132)140-7)66-13-21-82(22-14-66)144-61-78(116)57-104(29-36-110-51-72(43-88(110)122)98(130)138-5)30-37-111-52-73(44-89(111)123)99(131)139-6/h9-24,68-79,92-93,114-117H,25-63H2,1-8H3. The number of benzene rings is 4. The molecule has 4 N–H and O–H groups in total. The summed E-state index contributed by atoms with van der Waals surface area (Å²) < 4.78 is 65.1. The van der Waals surface area contributed by atoms with Crippen molar-refractivity contribution in [3.63, 3.8) is 0 Å². The summed E-state index contributed by atoms with van der Waals surface area (Å²) in [5, 5.41) is 47.6. The lowest BCUT2D eigenvalue weighted by Gasteiger charge is -2.31. The van der Waals surface area contributed by atoms with Gasteiger partial charge in [0.05, 0.1) is 111 Å². The van der Waals surface area contributed by atoms with Crippen molar-refractivity contribution in [1.82, 2.24) is 58.8 Å². The summed E-state index contributed by atoms with van der Waals surface area (Å²) in [5.74, 6) is -11.4. The number of likely N-dealkylation sites (tertiary alicyclic amines) is 8. The molecule has 44 heteroatoms. The van der Waals surface area contributed by atoms with Gasteiger partial charge >= 0.3 is 47.8 Å². The molecule has 8 amide bonds. The average molecular weight is 2030 g/mol. The molecule has 792 valence electrons. The Morgan fingerprint density at radius 3 is 0.572 bits per heavy atom. The van der Waals surface area contributed by atoms with Gasteiger partial charge < -0.3 is 116 Å². The Morgan fingerprint density at radius 2 is 0.400 bits per heavy atom. The highest BCUT2D eigenvalue weighted by Crippen LogP contribution is 2.45. The fourth-order valence-corrected chi connectivity index (χ4v) is 20.0. The number of ether oxygens (including phenoxy) is 12. The summed E-state index contributed by atoms with van der Waals surface area (Å²) in [5.41, 5.74) is 2.89. The topological polar surface area (TPSA) is 504 Å². The number of amides is 8. The minimum absolute atomic E-state index is 0.00672. The lowest BCUT2D eigenvalue weighted by atomic mass is 9.73. The van der Waals surface area contributed by atoms with Crippen LogP contribution in [0.1, 0.15) is 85.5 Å². The first-order valence-corrected chi connectivity index (χ1v) is 49.0. The number of aliphatic hydroxyl groups is 4. The van der Waals surface area contributed by atoms with Gasteiger partial charge in [-0.2, -0.15) is 0 Å². The van der Waals surface area contributed by atoms with Crippen LogP contribution in [0.4, 0.5) is 0 Å². The van der Waals surface area contributed by atoms with Gasteiger partial charge in [0.25, 0.3) is 0 Å². The maximum atomic E-state index is 13.4. The highest BCUT2D eigenvalue weighted by Gasteiger charge is 2.45. The summed E-state index contributed by atoms with van der Waals surface area (Å²) in [6.07, 6.45) is -4.97. The second-order valence-corrected chi connectivity index (χ2v) is 38.1. The number of rotatable bonds is 56. The Hall–Kier alpha value is -12.7. The van der Waals surface area contributed by atoms with Crippen LogP contribution in [0.25, 0.3) is 0 Å². The molecule has 8 aliphatic heterocycles. The molecule has 0 radical (unpaired) electrons. The van der Waals surface area contributed by atoms with Crippen LogP contribution in [-0.4, -0.2) is 459 Å². The van der Waals surface area contributed by atoms with Gasteiger partial charge in [0.15, 0.2) is 0 Å². The molecule has 145 heavy (non-hydrogen) atoms. The molecular weight excluding hydrogens is 1890 g/mol. The fourth-order valence-electron chi connectivity index (χ4n) is 20.0. The van der Waals surface area contributed by atoms with Crippen molar-refractivity contribution in [3.8, 4) is 23.0 Å². The Morgan fingerprint density at radius 1 is 0.248 bits per heavy atom. The van der Waals surface area contributed by atoms with Crippen molar-refractivity contribution >= 4 is 95.0 Å². The van der Waals surface area contributed by atoms with Crippen LogP contribution in [0.3, 0.4) is 0 Å². The minimum Gasteiger partial charge on any atom is -0.491 e. The van der Waals surface area contributed by atoms with Crippen LogP contribution >= 0.6 is 0 Å². The van der Waals surface area contributed by atoms with E-state index in [-0.39, 0.29) is 302 Å². The molecule has 0 aliphatic carbocycles. The average Bonchev–Trinajstić information content (AvgIpc) is 0.818. The Bertz CT molecular complexity index is 4840. The van der Waals surface area contributed by atoms with Gasteiger partial charge in [-0.1, -0.05) is 48.5 Å². The van der Waals surface area contributed by atoms with Crippen molar-refractivity contribution < 1.29 is 154 Å². The summed E-state index contributed by atoms with van der Waals surface area (Å²) in [7, 11) is 10.0. The van der Waals surface area contributed by atoms with Gasteiger partial charge in [0, 0.05) is 233 Å². The zero-order chi connectivity index (χ0) is 104. The second-order valence-electron chi connectivity index (χ2n) is 38.1. The summed E-state index contributed by atoms with van der Waals surface area (Å²) >= 11 is 0. The molecule has 13 atom stereocenters. The first kappa shape index (κ1) is 111. The number of carbonyl (C=O) groups excluding carboxylic acids is 16. The molecule has 8 fully saturated rings. The van der Waals surface area contributed by atoms with Gasteiger partial charge in [-0.15, -0.1) is 0 Å². The number of carbonyl (C=O) groups is 16. The molecule has 0 saturated carbocycles. The molecule has 44 nitrogen and oxygen atoms in total. The number of esters is 8. The quantitative estimate of drug-likeness (QED) is 0.0302. The molecule has 8 saturated heterocycles. The number of nitrogens with zero attached hydrogens (tertiary/aromatic N) is 12. The van der Waals surface area contributed by atoms with Crippen molar-refractivity contribution in [1.29, 1.82) is 0 Å². The highest BCUT2D eigenvalue weighted by molar-refractivity contribution is 5.92. The largest absolute Gasteiger partial charge is 0.491 e. The number of hydrogen-bond donors (Lipinski definition) is 4. The van der Waals surface area contributed by atoms with Gasteiger partial charge in [0.1, 0.15) is 73.8 Å². The molecule has 0 bridgehead atoms. The zero-order valence-electron chi connectivity index (χ0n) is 83.5. The van der Waals surface area contributed by atoms with E-state index in [1.54, 1.807) is 82.8 Å². The number of aliphatic hydroxyl groups excluding tert-OH is 4. The summed E-state index contributed by atoms with van der Waals surface area (Å²) in [6, 6.07) is 29.0. The maximum Gasteiger partial charge on any atom is 0.310 e. The van der Waals surface area contributed by atoms with Gasteiger partial charge in [-0.05, 0) is 70.8 Å². The van der Waals surface area contributed by atoms with E-state index in [2.05, 4.69) is 0 Å². The Kier molecular flexibility index (Phi) is 40.9. The van der Waals surface area contributed by atoms with E-state index in [0.29, 0.717) is 23.0 Å². The maximum absolute atomic E-state index is 13.4. The molecule has 13 unspecified atom stereocenters. The van der Waals surface area contributed by atoms with E-state index in [4.69, 9.17) is 56.8 Å². The molecule has 8 heterocycles. The second kappa shape index (κ2) is 53.4. The monoisotopic (exact) mass is 2030 g/mol. The predicted octanol–water partition coefficient (Wildman–Crippen LogP) is -1.05.